The Morgan fingerprint density at radius 1 is 1.10 bits per heavy atom. The molecule has 3 N–H and O–H groups in total. The molecule has 0 radical (unpaired) electrons. The molecule has 8 nitrogen and oxygen atoms in total. The Morgan fingerprint density at radius 2 is 1.93 bits per heavy atom. The molecule has 0 aliphatic carbocycles. The molecule has 2 heterocycles. The number of carbonyl (C=O) groups is 1. The second-order valence-corrected chi connectivity index (χ2v) is 6.43. The quantitative estimate of drug-likeness (QED) is 0.537. The molecular formula is C20H15F2N7O. The van der Waals surface area contributed by atoms with Crippen LogP contribution in [0, 0.1) is 11.6 Å². The zero-order chi connectivity index (χ0) is 21.3. The van der Waals surface area contributed by atoms with Gasteiger partial charge in [0, 0.05) is 30.4 Å². The minimum absolute atomic E-state index is 0.101. The number of benzene rings is 2. The summed E-state index contributed by atoms with van der Waals surface area (Å²) >= 11 is 0. The van der Waals surface area contributed by atoms with Crippen LogP contribution in [0.3, 0.4) is 0 Å². The second-order valence-electron chi connectivity index (χ2n) is 6.43. The van der Waals surface area contributed by atoms with Crippen LogP contribution in [0.15, 0.2) is 54.7 Å². The van der Waals surface area contributed by atoms with Gasteiger partial charge in [0.1, 0.15) is 23.1 Å². The van der Waals surface area contributed by atoms with Crippen molar-refractivity contribution in [2.75, 3.05) is 11.1 Å². The van der Waals surface area contributed by atoms with E-state index in [1.807, 2.05) is 6.07 Å². The van der Waals surface area contributed by atoms with Crippen LogP contribution in [0.5, 0.6) is 0 Å². The van der Waals surface area contributed by atoms with Gasteiger partial charge in [0.15, 0.2) is 5.82 Å². The monoisotopic (exact) mass is 407 g/mol. The van der Waals surface area contributed by atoms with Crippen LogP contribution < -0.4 is 11.1 Å². The summed E-state index contributed by atoms with van der Waals surface area (Å²) < 4.78 is 29.0. The molecule has 0 bridgehead atoms. The summed E-state index contributed by atoms with van der Waals surface area (Å²) in [7, 11) is 0. The van der Waals surface area contributed by atoms with Crippen LogP contribution >= 0.6 is 0 Å². The zero-order valence-corrected chi connectivity index (χ0v) is 15.7. The highest BCUT2D eigenvalue weighted by molar-refractivity contribution is 5.89. The van der Waals surface area contributed by atoms with Crippen LogP contribution in [0.4, 0.5) is 20.3 Å². The van der Waals surface area contributed by atoms with Crippen LogP contribution in [-0.2, 0) is 4.79 Å². The molecule has 1 amide bonds. The predicted molar refractivity (Wildman–Crippen MR) is 106 cm³/mol. The molecule has 30 heavy (non-hydrogen) atoms. The molecule has 150 valence electrons. The Morgan fingerprint density at radius 3 is 2.73 bits per heavy atom. The van der Waals surface area contributed by atoms with Gasteiger partial charge in [-0.05, 0) is 46.3 Å². The first-order chi connectivity index (χ1) is 14.4. The minimum Gasteiger partial charge on any atom is -0.383 e. The molecular weight excluding hydrogens is 392 g/mol. The molecule has 0 saturated carbocycles. The highest BCUT2D eigenvalue weighted by atomic mass is 19.1. The summed E-state index contributed by atoms with van der Waals surface area (Å²) in [4.78, 5) is 15.5. The Balaban J connectivity index is 1.81. The first-order valence-corrected chi connectivity index (χ1v) is 8.80. The first-order valence-electron chi connectivity index (χ1n) is 8.80. The second kappa shape index (κ2) is 7.66. The molecule has 0 saturated heterocycles. The van der Waals surface area contributed by atoms with E-state index in [9.17, 15) is 13.6 Å². The number of hydrogen-bond acceptors (Lipinski definition) is 6. The summed E-state index contributed by atoms with van der Waals surface area (Å²) in [5.41, 5.74) is 8.24. The topological polar surface area (TPSA) is 112 Å². The zero-order valence-electron chi connectivity index (χ0n) is 15.7. The minimum atomic E-state index is -0.698. The van der Waals surface area contributed by atoms with Gasteiger partial charge < -0.3 is 11.1 Å². The SMILES string of the molecule is CC(=O)Nc1cccc(-c2cnc(N)c(-c3nnnn3-c3cc(F)ccc3F)c2)c1. The van der Waals surface area contributed by atoms with E-state index in [4.69, 9.17) is 5.73 Å². The van der Waals surface area contributed by atoms with Gasteiger partial charge in [0.2, 0.25) is 5.91 Å². The Labute approximate surface area is 169 Å². The summed E-state index contributed by atoms with van der Waals surface area (Å²) in [6, 6.07) is 11.8. The van der Waals surface area contributed by atoms with Crippen molar-refractivity contribution in [3.05, 3.63) is 66.4 Å². The normalized spacial score (nSPS) is 10.8. The van der Waals surface area contributed by atoms with E-state index in [1.54, 1.807) is 30.5 Å². The summed E-state index contributed by atoms with van der Waals surface area (Å²) in [5, 5.41) is 14.0. The molecule has 0 aliphatic rings. The van der Waals surface area contributed by atoms with Crippen LogP contribution in [0.25, 0.3) is 28.2 Å². The number of carbonyl (C=O) groups excluding carboxylic acids is 1. The van der Waals surface area contributed by atoms with Crippen LogP contribution in [0.2, 0.25) is 0 Å². The number of tetrazole rings is 1. The number of hydrogen-bond donors (Lipinski definition) is 2. The van der Waals surface area contributed by atoms with Gasteiger partial charge in [0.25, 0.3) is 0 Å². The van der Waals surface area contributed by atoms with E-state index in [0.29, 0.717) is 16.8 Å². The molecule has 4 rings (SSSR count). The lowest BCUT2D eigenvalue weighted by Crippen LogP contribution is -2.06. The van der Waals surface area contributed by atoms with Crippen molar-refractivity contribution in [2.24, 2.45) is 0 Å². The van der Waals surface area contributed by atoms with Gasteiger partial charge in [0.05, 0.1) is 5.56 Å². The Hall–Kier alpha value is -4.21. The molecule has 2 aromatic carbocycles. The number of nitrogens with two attached hydrogens (primary N) is 1. The standard InChI is InChI=1S/C20H15F2N7O/c1-11(30)25-15-4-2-3-12(7-15)13-8-16(19(23)24-10-13)20-26-27-28-29(20)18-9-14(21)5-6-17(18)22/h2-10H,1H3,(H2,23,24)(H,25,30). The van der Waals surface area contributed by atoms with E-state index in [0.717, 1.165) is 28.4 Å². The summed E-state index contributed by atoms with van der Waals surface area (Å²) in [6.45, 7) is 1.42. The number of nitrogens with zero attached hydrogens (tertiary/aromatic N) is 5. The molecule has 10 heteroatoms. The van der Waals surface area contributed by atoms with Crippen LogP contribution in [0.1, 0.15) is 6.92 Å². The molecule has 4 aromatic rings. The van der Waals surface area contributed by atoms with Crippen molar-refractivity contribution in [1.82, 2.24) is 25.2 Å². The van der Waals surface area contributed by atoms with E-state index in [2.05, 4.69) is 25.8 Å². The fourth-order valence-electron chi connectivity index (χ4n) is 2.96. The van der Waals surface area contributed by atoms with Crippen molar-refractivity contribution >= 4 is 17.4 Å². The third kappa shape index (κ3) is 3.70. The van der Waals surface area contributed by atoms with Gasteiger partial charge in [-0.1, -0.05) is 12.1 Å². The lowest BCUT2D eigenvalue weighted by Gasteiger charge is -2.10. The number of pyridine rings is 1. The molecule has 2 aromatic heterocycles. The van der Waals surface area contributed by atoms with Crippen molar-refractivity contribution in [3.63, 3.8) is 0 Å². The summed E-state index contributed by atoms with van der Waals surface area (Å²) in [5.74, 6) is -1.31. The third-order valence-electron chi connectivity index (χ3n) is 4.28. The van der Waals surface area contributed by atoms with Gasteiger partial charge in [-0.3, -0.25) is 4.79 Å². The Bertz CT molecular complexity index is 1260. The average molecular weight is 407 g/mol. The highest BCUT2D eigenvalue weighted by Gasteiger charge is 2.18. The number of nitrogens with one attached hydrogen (secondary N) is 1. The third-order valence-corrected chi connectivity index (χ3v) is 4.28. The summed E-state index contributed by atoms with van der Waals surface area (Å²) in [6.07, 6.45) is 1.56. The van der Waals surface area contributed by atoms with Crippen LogP contribution in [-0.4, -0.2) is 31.1 Å². The van der Waals surface area contributed by atoms with E-state index in [1.165, 1.54) is 6.92 Å². The molecule has 0 atom stereocenters. The van der Waals surface area contributed by atoms with Crippen molar-refractivity contribution in [3.8, 4) is 28.2 Å². The maximum atomic E-state index is 14.3. The number of halogens is 2. The molecule has 0 aliphatic heterocycles. The van der Waals surface area contributed by atoms with Crippen molar-refractivity contribution in [2.45, 2.75) is 6.92 Å². The number of amides is 1. The maximum Gasteiger partial charge on any atom is 0.221 e. The number of rotatable bonds is 4. The van der Waals surface area contributed by atoms with Gasteiger partial charge in [-0.25, -0.2) is 13.8 Å². The van der Waals surface area contributed by atoms with E-state index in [-0.39, 0.29) is 23.2 Å². The number of anilines is 2. The number of nitrogen functional groups attached to an aromatic ring is 1. The molecule has 0 unspecified atom stereocenters. The predicted octanol–water partition coefficient (Wildman–Crippen LogP) is 3.21. The van der Waals surface area contributed by atoms with Gasteiger partial charge >= 0.3 is 0 Å². The van der Waals surface area contributed by atoms with Gasteiger partial charge in [-0.2, -0.15) is 4.68 Å². The lowest BCUT2D eigenvalue weighted by molar-refractivity contribution is -0.114. The average Bonchev–Trinajstić information content (AvgIpc) is 3.19. The maximum absolute atomic E-state index is 14.3. The lowest BCUT2D eigenvalue weighted by atomic mass is 10.0. The van der Waals surface area contributed by atoms with E-state index < -0.39 is 11.6 Å². The fourth-order valence-corrected chi connectivity index (χ4v) is 2.96. The van der Waals surface area contributed by atoms with Crippen molar-refractivity contribution < 1.29 is 13.6 Å². The highest BCUT2D eigenvalue weighted by Crippen LogP contribution is 2.30. The fraction of sp³-hybridized carbons (Fsp3) is 0.0500. The Kier molecular flexibility index (Phi) is 4.88. The smallest absolute Gasteiger partial charge is 0.221 e. The molecule has 0 spiro atoms. The largest absolute Gasteiger partial charge is 0.383 e. The number of aromatic nitrogens is 5. The molecule has 0 fully saturated rings. The van der Waals surface area contributed by atoms with Gasteiger partial charge in [-0.15, -0.1) is 5.10 Å². The first kappa shape index (κ1) is 19.1. The van der Waals surface area contributed by atoms with E-state index >= 15 is 0 Å². The van der Waals surface area contributed by atoms with Crippen molar-refractivity contribution in [1.29, 1.82) is 0 Å².